The zero-order valence-corrected chi connectivity index (χ0v) is 28.0. The third kappa shape index (κ3) is 4.28. The molecular weight excluding hydrogens is 635 g/mol. The van der Waals surface area contributed by atoms with Gasteiger partial charge < -0.3 is 4.42 Å². The van der Waals surface area contributed by atoms with Crippen LogP contribution in [0.5, 0.6) is 0 Å². The summed E-state index contributed by atoms with van der Waals surface area (Å²) in [4.78, 5) is 10.8. The second-order valence-corrected chi connectivity index (χ2v) is 13.3. The normalized spacial score (nSPS) is 11.8. The third-order valence-electron chi connectivity index (χ3n) is 10.4. The van der Waals surface area contributed by atoms with Crippen LogP contribution in [-0.2, 0) is 0 Å². The van der Waals surface area contributed by atoms with Gasteiger partial charge in [0.25, 0.3) is 0 Å². The lowest BCUT2D eigenvalue weighted by Crippen LogP contribution is -2.03. The molecule has 0 unspecified atom stereocenters. The van der Waals surface area contributed by atoms with Gasteiger partial charge in [-0.2, -0.15) is 0 Å². The highest BCUT2D eigenvalue weighted by Crippen LogP contribution is 2.45. The quantitative estimate of drug-likeness (QED) is 0.188. The molecule has 0 saturated carbocycles. The first-order valence-electron chi connectivity index (χ1n) is 17.6. The van der Waals surface area contributed by atoms with Crippen LogP contribution in [0.3, 0.4) is 0 Å². The Morgan fingerprint density at radius 1 is 0.404 bits per heavy atom. The van der Waals surface area contributed by atoms with Crippen LogP contribution >= 0.6 is 0 Å². The van der Waals surface area contributed by atoms with Crippen LogP contribution in [0.25, 0.3) is 105 Å². The summed E-state index contributed by atoms with van der Waals surface area (Å²) in [5.74, 6) is 0.614. The van der Waals surface area contributed by atoms with Crippen molar-refractivity contribution < 1.29 is 4.42 Å². The minimum Gasteiger partial charge on any atom is -0.455 e. The number of furan rings is 1. The van der Waals surface area contributed by atoms with Crippen molar-refractivity contribution in [3.05, 3.63) is 176 Å². The van der Waals surface area contributed by atoms with Crippen molar-refractivity contribution in [3.8, 4) is 39.5 Å². The average molecular weight is 664 g/mol. The Morgan fingerprint density at radius 3 is 1.88 bits per heavy atom. The van der Waals surface area contributed by atoms with Gasteiger partial charge in [0.2, 0.25) is 5.95 Å². The molecule has 0 bridgehead atoms. The fraction of sp³-hybridized carbons (Fsp3) is 0. The Kier molecular flexibility index (Phi) is 6.22. The van der Waals surface area contributed by atoms with Gasteiger partial charge in [-0.15, -0.1) is 0 Å². The van der Waals surface area contributed by atoms with Crippen LogP contribution in [0.1, 0.15) is 0 Å². The third-order valence-corrected chi connectivity index (χ3v) is 10.4. The monoisotopic (exact) mass is 663 g/mol. The highest BCUT2D eigenvalue weighted by molar-refractivity contribution is 6.31. The summed E-state index contributed by atoms with van der Waals surface area (Å²) in [6, 6.07) is 61.8. The molecule has 52 heavy (non-hydrogen) atoms. The molecule has 0 aliphatic carbocycles. The molecule has 11 aromatic rings. The van der Waals surface area contributed by atoms with Gasteiger partial charge in [-0.1, -0.05) is 140 Å². The van der Waals surface area contributed by atoms with Crippen molar-refractivity contribution in [2.45, 2.75) is 0 Å². The van der Waals surface area contributed by atoms with E-state index in [1.54, 1.807) is 0 Å². The summed E-state index contributed by atoms with van der Waals surface area (Å²) in [5, 5.41) is 7.73. The minimum absolute atomic E-state index is 0.614. The molecule has 11 rings (SSSR count). The van der Waals surface area contributed by atoms with E-state index in [4.69, 9.17) is 14.4 Å². The molecule has 0 aliphatic heterocycles. The molecular formula is C48H29N3O. The van der Waals surface area contributed by atoms with Gasteiger partial charge in [0.05, 0.1) is 27.6 Å². The van der Waals surface area contributed by atoms with Crippen molar-refractivity contribution in [3.63, 3.8) is 0 Å². The number of hydrogen-bond donors (Lipinski definition) is 0. The largest absolute Gasteiger partial charge is 0.455 e. The highest BCUT2D eigenvalue weighted by atomic mass is 16.3. The lowest BCUT2D eigenvalue weighted by Gasteiger charge is -2.14. The first-order valence-corrected chi connectivity index (χ1v) is 17.6. The number of hydrogen-bond acceptors (Lipinski definition) is 3. The Balaban J connectivity index is 1.29. The van der Waals surface area contributed by atoms with Crippen molar-refractivity contribution in [1.29, 1.82) is 0 Å². The van der Waals surface area contributed by atoms with Crippen LogP contribution < -0.4 is 0 Å². The van der Waals surface area contributed by atoms with Crippen LogP contribution in [0.4, 0.5) is 0 Å². The number of nitrogens with zero attached hydrogens (tertiary/aromatic N) is 3. The van der Waals surface area contributed by atoms with Crippen molar-refractivity contribution in [2.75, 3.05) is 0 Å². The molecule has 0 fully saturated rings. The van der Waals surface area contributed by atoms with E-state index in [2.05, 4.69) is 162 Å². The summed E-state index contributed by atoms with van der Waals surface area (Å²) >= 11 is 0. The highest BCUT2D eigenvalue weighted by Gasteiger charge is 2.24. The van der Waals surface area contributed by atoms with E-state index < -0.39 is 0 Å². The van der Waals surface area contributed by atoms with E-state index in [0.29, 0.717) is 5.95 Å². The molecule has 3 aromatic heterocycles. The molecule has 0 aliphatic rings. The predicted molar refractivity (Wildman–Crippen MR) is 215 cm³/mol. The molecule has 3 heterocycles. The van der Waals surface area contributed by atoms with Gasteiger partial charge in [0.1, 0.15) is 11.2 Å². The Morgan fingerprint density at radius 2 is 1.06 bits per heavy atom. The summed E-state index contributed by atoms with van der Waals surface area (Å²) in [7, 11) is 0. The summed E-state index contributed by atoms with van der Waals surface area (Å²) in [6.07, 6.45) is 0. The predicted octanol–water partition coefficient (Wildman–Crippen LogP) is 12.8. The SMILES string of the molecule is c1ccc(-c2cccc(-c3nc(-n4c5cc(-c6ccccc6)c6ccccc6c5c5c6oc7ccccc7c6ccc54)nc4ccccc34)c2)cc1. The van der Waals surface area contributed by atoms with Crippen LogP contribution in [0.2, 0.25) is 0 Å². The van der Waals surface area contributed by atoms with Gasteiger partial charge in [-0.3, -0.25) is 4.57 Å². The maximum atomic E-state index is 6.75. The number of aromatic nitrogens is 3. The lowest BCUT2D eigenvalue weighted by molar-refractivity contribution is 0.673. The molecule has 0 saturated heterocycles. The molecule has 0 N–H and O–H groups in total. The number of rotatable bonds is 4. The maximum absolute atomic E-state index is 6.75. The standard InChI is InChI=1S/C48H29N3O/c1-3-14-30(15-4-1)32-18-13-19-33(28-32)46-38-23-9-11-24-40(38)49-48(50-46)51-41-27-26-37-35-21-10-12-25-43(35)52-47(37)45(41)44-36-22-8-7-20-34(36)39(29-42(44)51)31-16-5-2-6-17-31/h1-29H. The first kappa shape index (κ1) is 28.8. The van der Waals surface area contributed by atoms with Gasteiger partial charge in [-0.05, 0) is 69.4 Å². The first-order chi connectivity index (χ1) is 25.8. The molecule has 0 radical (unpaired) electrons. The molecule has 0 spiro atoms. The van der Waals surface area contributed by atoms with E-state index in [0.717, 1.165) is 88.0 Å². The second kappa shape index (κ2) is 11.2. The van der Waals surface area contributed by atoms with Crippen LogP contribution in [-0.4, -0.2) is 14.5 Å². The topological polar surface area (TPSA) is 43.9 Å². The number of fused-ring (bicyclic) bond motifs is 10. The number of benzene rings is 8. The fourth-order valence-corrected chi connectivity index (χ4v) is 8.07. The van der Waals surface area contributed by atoms with E-state index in [1.807, 2.05) is 18.2 Å². The molecule has 0 amide bonds. The van der Waals surface area contributed by atoms with Crippen molar-refractivity contribution in [2.24, 2.45) is 0 Å². The summed E-state index contributed by atoms with van der Waals surface area (Å²) < 4.78 is 8.99. The van der Waals surface area contributed by atoms with Crippen molar-refractivity contribution in [1.82, 2.24) is 14.5 Å². The second-order valence-electron chi connectivity index (χ2n) is 13.3. The van der Waals surface area contributed by atoms with E-state index in [-0.39, 0.29) is 0 Å². The molecule has 242 valence electrons. The molecule has 8 aromatic carbocycles. The summed E-state index contributed by atoms with van der Waals surface area (Å²) in [5.41, 5.74) is 11.2. The maximum Gasteiger partial charge on any atom is 0.235 e. The average Bonchev–Trinajstić information content (AvgIpc) is 3.77. The fourth-order valence-electron chi connectivity index (χ4n) is 8.07. The molecule has 4 nitrogen and oxygen atoms in total. The minimum atomic E-state index is 0.614. The Hall–Kier alpha value is -7.04. The zero-order chi connectivity index (χ0) is 34.2. The van der Waals surface area contributed by atoms with Gasteiger partial charge in [0, 0.05) is 27.1 Å². The Bertz CT molecular complexity index is 3180. The van der Waals surface area contributed by atoms with E-state index in [9.17, 15) is 0 Å². The molecule has 0 atom stereocenters. The smallest absolute Gasteiger partial charge is 0.235 e. The molecule has 4 heteroatoms. The van der Waals surface area contributed by atoms with Crippen LogP contribution in [0.15, 0.2) is 180 Å². The summed E-state index contributed by atoms with van der Waals surface area (Å²) in [6.45, 7) is 0. The van der Waals surface area contributed by atoms with Gasteiger partial charge in [-0.25, -0.2) is 9.97 Å². The number of para-hydroxylation sites is 2. The van der Waals surface area contributed by atoms with Gasteiger partial charge in [0.15, 0.2) is 0 Å². The Labute approximate surface area is 298 Å². The van der Waals surface area contributed by atoms with Crippen molar-refractivity contribution >= 4 is 65.4 Å². The zero-order valence-electron chi connectivity index (χ0n) is 28.0. The van der Waals surface area contributed by atoms with E-state index >= 15 is 0 Å². The van der Waals surface area contributed by atoms with E-state index in [1.165, 1.54) is 10.9 Å². The van der Waals surface area contributed by atoms with Crippen LogP contribution in [0, 0.1) is 0 Å². The van der Waals surface area contributed by atoms with Gasteiger partial charge >= 0.3 is 0 Å². The lowest BCUT2D eigenvalue weighted by atomic mass is 9.94.